The highest BCUT2D eigenvalue weighted by Crippen LogP contribution is 2.44. The van der Waals surface area contributed by atoms with Crippen molar-refractivity contribution < 1.29 is 50.2 Å². The van der Waals surface area contributed by atoms with Gasteiger partial charge in [-0.05, 0) is 52.6 Å². The average molecular weight is 589 g/mol. The van der Waals surface area contributed by atoms with Gasteiger partial charge in [0, 0.05) is 17.9 Å². The van der Waals surface area contributed by atoms with Crippen molar-refractivity contribution >= 4 is 12.1 Å². The van der Waals surface area contributed by atoms with Gasteiger partial charge in [0.2, 0.25) is 0 Å². The second-order valence-electron chi connectivity index (χ2n) is 9.63. The molecule has 4 aromatic rings. The molecule has 1 heterocycles. The summed E-state index contributed by atoms with van der Waals surface area (Å²) in [6, 6.07) is 17.0. The first-order valence-electron chi connectivity index (χ1n) is 12.5. The maximum absolute atomic E-state index is 13.2. The highest BCUT2D eigenvalue weighted by molar-refractivity contribution is 5.81. The number of carbonyl (C=O) groups excluding carboxylic acids is 1. The summed E-state index contributed by atoms with van der Waals surface area (Å²) < 4.78 is 90.2. The minimum Gasteiger partial charge on any atom is -0.480 e. The van der Waals surface area contributed by atoms with E-state index in [1.807, 2.05) is 48.5 Å². The molecule has 1 aromatic heterocycles. The second kappa shape index (κ2) is 10.9. The van der Waals surface area contributed by atoms with E-state index in [1.54, 1.807) is 0 Å². The molecule has 0 saturated carbocycles. The monoisotopic (exact) mass is 589 g/mol. The third-order valence-corrected chi connectivity index (χ3v) is 6.87. The number of carboxylic acid groups (broad SMARTS) is 1. The summed E-state index contributed by atoms with van der Waals surface area (Å²) >= 11 is 0. The summed E-state index contributed by atoms with van der Waals surface area (Å²) in [6.45, 7) is -0.0752. The van der Waals surface area contributed by atoms with E-state index >= 15 is 0 Å². The molecule has 0 spiro atoms. The lowest BCUT2D eigenvalue weighted by Gasteiger charge is -2.17. The molecule has 0 radical (unpaired) electrons. The van der Waals surface area contributed by atoms with Crippen LogP contribution in [0.5, 0.6) is 0 Å². The molecule has 12 heteroatoms. The Bertz CT molecular complexity index is 1560. The smallest absolute Gasteiger partial charge is 0.416 e. The molecular formula is C30H21F6NO5. The lowest BCUT2D eigenvalue weighted by atomic mass is 9.98. The summed E-state index contributed by atoms with van der Waals surface area (Å²) in [6.07, 6.45) is -11.6. The number of alkyl halides is 6. The van der Waals surface area contributed by atoms with Crippen LogP contribution in [0.1, 0.15) is 33.9 Å². The molecule has 1 amide bonds. The normalized spacial score (nSPS) is 13.8. The number of hydrogen-bond donors (Lipinski definition) is 2. The highest BCUT2D eigenvalue weighted by atomic mass is 19.4. The van der Waals surface area contributed by atoms with Gasteiger partial charge in [0.25, 0.3) is 0 Å². The molecule has 0 saturated heterocycles. The van der Waals surface area contributed by atoms with Crippen molar-refractivity contribution in [1.82, 2.24) is 5.32 Å². The molecular weight excluding hydrogens is 568 g/mol. The van der Waals surface area contributed by atoms with Gasteiger partial charge in [-0.3, -0.25) is 0 Å². The molecule has 1 atom stereocenters. The number of rotatable bonds is 7. The third-order valence-electron chi connectivity index (χ3n) is 6.87. The van der Waals surface area contributed by atoms with Crippen molar-refractivity contribution in [2.24, 2.45) is 0 Å². The van der Waals surface area contributed by atoms with E-state index in [4.69, 9.17) is 9.15 Å². The van der Waals surface area contributed by atoms with Gasteiger partial charge in [0.1, 0.15) is 24.2 Å². The van der Waals surface area contributed by atoms with Gasteiger partial charge < -0.3 is 19.6 Å². The molecule has 42 heavy (non-hydrogen) atoms. The highest BCUT2D eigenvalue weighted by Gasteiger charge is 2.37. The zero-order valence-corrected chi connectivity index (χ0v) is 21.4. The van der Waals surface area contributed by atoms with E-state index in [2.05, 4.69) is 5.32 Å². The van der Waals surface area contributed by atoms with Crippen LogP contribution in [0.2, 0.25) is 0 Å². The molecule has 3 aromatic carbocycles. The van der Waals surface area contributed by atoms with Gasteiger partial charge in [-0.25, -0.2) is 9.59 Å². The number of aliphatic carboxylic acids is 1. The zero-order valence-electron chi connectivity index (χ0n) is 21.4. The van der Waals surface area contributed by atoms with Gasteiger partial charge in [-0.2, -0.15) is 26.3 Å². The van der Waals surface area contributed by atoms with E-state index in [-0.39, 0.29) is 30.1 Å². The Labute approximate surface area is 234 Å². The molecule has 0 fully saturated rings. The van der Waals surface area contributed by atoms with Crippen LogP contribution in [0.3, 0.4) is 0 Å². The first-order valence-corrected chi connectivity index (χ1v) is 12.5. The fourth-order valence-electron chi connectivity index (χ4n) is 4.92. The van der Waals surface area contributed by atoms with Crippen LogP contribution in [-0.2, 0) is 28.3 Å². The van der Waals surface area contributed by atoms with Gasteiger partial charge >= 0.3 is 24.4 Å². The van der Waals surface area contributed by atoms with Gasteiger partial charge in [0.05, 0.1) is 11.1 Å². The lowest BCUT2D eigenvalue weighted by Crippen LogP contribution is -2.42. The minimum absolute atomic E-state index is 0.00782. The fourth-order valence-corrected chi connectivity index (χ4v) is 4.92. The van der Waals surface area contributed by atoms with Crippen molar-refractivity contribution in [3.8, 4) is 22.5 Å². The number of nitrogens with one attached hydrogen (secondary N) is 1. The Balaban J connectivity index is 1.28. The Hall–Kier alpha value is -4.74. The molecule has 1 aliphatic rings. The van der Waals surface area contributed by atoms with Crippen molar-refractivity contribution in [2.45, 2.75) is 30.7 Å². The molecule has 2 N–H and O–H groups in total. The van der Waals surface area contributed by atoms with Crippen LogP contribution < -0.4 is 5.32 Å². The third kappa shape index (κ3) is 5.97. The largest absolute Gasteiger partial charge is 0.480 e. The number of hydrogen-bond acceptors (Lipinski definition) is 4. The number of amides is 1. The van der Waals surface area contributed by atoms with Crippen LogP contribution in [-0.4, -0.2) is 29.8 Å². The molecule has 6 nitrogen and oxygen atoms in total. The predicted molar refractivity (Wildman–Crippen MR) is 137 cm³/mol. The maximum Gasteiger partial charge on any atom is 0.416 e. The van der Waals surface area contributed by atoms with Crippen LogP contribution in [0.25, 0.3) is 22.5 Å². The summed E-state index contributed by atoms with van der Waals surface area (Å²) in [5, 5.41) is 11.9. The van der Waals surface area contributed by atoms with Crippen LogP contribution in [0, 0.1) is 0 Å². The zero-order chi connectivity index (χ0) is 30.2. The molecule has 1 unspecified atom stereocenters. The molecule has 5 rings (SSSR count). The second-order valence-corrected chi connectivity index (χ2v) is 9.63. The van der Waals surface area contributed by atoms with Crippen LogP contribution in [0.15, 0.2) is 83.3 Å². The Kier molecular flexibility index (Phi) is 7.48. The Morgan fingerprint density at radius 2 is 1.38 bits per heavy atom. The van der Waals surface area contributed by atoms with Crippen molar-refractivity contribution in [1.29, 1.82) is 0 Å². The van der Waals surface area contributed by atoms with Gasteiger partial charge in [-0.15, -0.1) is 0 Å². The van der Waals surface area contributed by atoms with E-state index in [9.17, 15) is 41.0 Å². The summed E-state index contributed by atoms with van der Waals surface area (Å²) in [4.78, 5) is 24.4. The van der Waals surface area contributed by atoms with E-state index in [0.29, 0.717) is 12.1 Å². The predicted octanol–water partition coefficient (Wildman–Crippen LogP) is 7.52. The number of halogens is 6. The number of alkyl carbamates (subject to hydrolysis) is 1. The lowest BCUT2D eigenvalue weighted by molar-refractivity contribution is -0.143. The fraction of sp³-hybridized carbons (Fsp3) is 0.200. The summed E-state index contributed by atoms with van der Waals surface area (Å²) in [7, 11) is 0. The standard InChI is InChI=1S/C30H21F6NO5/c31-29(32,33)17-11-16(12-18(13-17)30(34,35)36)26-10-9-19(42-26)14-25(27(38)39)37-28(40)41-15-24-22-7-3-1-5-20(22)21-6-2-4-8-23(21)24/h1-13,24-25H,14-15H2,(H,37,40)(H,38,39). The number of benzene rings is 3. The molecule has 0 bridgehead atoms. The first-order chi connectivity index (χ1) is 19.8. The SMILES string of the molecule is O=C(NC(Cc1ccc(-c2cc(C(F)(F)F)cc(C(F)(F)F)c2)o1)C(=O)O)OCC1c2ccccc2-c2ccccc21. The van der Waals surface area contributed by atoms with E-state index in [1.165, 1.54) is 6.07 Å². The number of carboxylic acids is 1. The minimum atomic E-state index is -5.05. The summed E-state index contributed by atoms with van der Waals surface area (Å²) in [5.41, 5.74) is 0.362. The van der Waals surface area contributed by atoms with Crippen LogP contribution >= 0.6 is 0 Å². The number of ether oxygens (including phenoxy) is 1. The van der Waals surface area contributed by atoms with Crippen molar-refractivity contribution in [3.05, 3.63) is 107 Å². The van der Waals surface area contributed by atoms with E-state index < -0.39 is 53.6 Å². The Morgan fingerprint density at radius 1 is 0.833 bits per heavy atom. The average Bonchev–Trinajstić information content (AvgIpc) is 3.53. The van der Waals surface area contributed by atoms with Crippen LogP contribution in [0.4, 0.5) is 31.1 Å². The van der Waals surface area contributed by atoms with Crippen molar-refractivity contribution in [3.63, 3.8) is 0 Å². The molecule has 1 aliphatic carbocycles. The van der Waals surface area contributed by atoms with Crippen molar-refractivity contribution in [2.75, 3.05) is 6.61 Å². The number of carbonyl (C=O) groups is 2. The first kappa shape index (κ1) is 28.8. The molecule has 218 valence electrons. The van der Waals surface area contributed by atoms with Gasteiger partial charge in [-0.1, -0.05) is 48.5 Å². The quantitative estimate of drug-likeness (QED) is 0.218. The van der Waals surface area contributed by atoms with Gasteiger partial charge in [0.15, 0.2) is 0 Å². The van der Waals surface area contributed by atoms with E-state index in [0.717, 1.165) is 28.3 Å². The molecule has 0 aliphatic heterocycles. The maximum atomic E-state index is 13.2. The number of furan rings is 1. The Morgan fingerprint density at radius 3 is 1.90 bits per heavy atom. The summed E-state index contributed by atoms with van der Waals surface area (Å²) in [5.74, 6) is -2.16. The number of fused-ring (bicyclic) bond motifs is 3. The topological polar surface area (TPSA) is 88.8 Å².